The van der Waals surface area contributed by atoms with E-state index in [-0.39, 0.29) is 24.7 Å². The molecular formula is C22H27N3O2. The number of nitrogens with zero attached hydrogens (tertiary/aromatic N) is 1. The summed E-state index contributed by atoms with van der Waals surface area (Å²) in [6, 6.07) is 9.98. The maximum atomic E-state index is 12.0. The van der Waals surface area contributed by atoms with Crippen LogP contribution in [0.4, 0.5) is 5.69 Å². The van der Waals surface area contributed by atoms with Crippen LogP contribution in [0.1, 0.15) is 46.2 Å². The quantitative estimate of drug-likeness (QED) is 0.598. The Morgan fingerprint density at radius 1 is 0.852 bits per heavy atom. The van der Waals surface area contributed by atoms with Crippen molar-refractivity contribution in [3.63, 3.8) is 0 Å². The second-order valence-corrected chi connectivity index (χ2v) is 6.97. The topological polar surface area (TPSA) is 70.6 Å². The Kier molecular flexibility index (Phi) is 6.88. The summed E-state index contributed by atoms with van der Waals surface area (Å²) in [5.74, 6) is -0.476. The predicted octanol–water partition coefficient (Wildman–Crippen LogP) is 4.10. The number of benzene rings is 2. The number of amides is 2. The van der Waals surface area contributed by atoms with Gasteiger partial charge in [-0.3, -0.25) is 9.59 Å². The van der Waals surface area contributed by atoms with Crippen molar-refractivity contribution in [2.75, 3.05) is 5.32 Å². The third-order valence-electron chi connectivity index (χ3n) is 4.36. The first kappa shape index (κ1) is 20.4. The first-order valence-corrected chi connectivity index (χ1v) is 9.03. The minimum absolute atomic E-state index is 0.0833. The van der Waals surface area contributed by atoms with E-state index in [1.165, 1.54) is 5.56 Å². The Morgan fingerprint density at radius 3 is 2.07 bits per heavy atom. The summed E-state index contributed by atoms with van der Waals surface area (Å²) < 4.78 is 0. The van der Waals surface area contributed by atoms with E-state index in [1.807, 2.05) is 52.8 Å². The van der Waals surface area contributed by atoms with Gasteiger partial charge >= 0.3 is 0 Å². The van der Waals surface area contributed by atoms with Crippen LogP contribution in [0, 0.1) is 34.6 Å². The molecular weight excluding hydrogens is 338 g/mol. The van der Waals surface area contributed by atoms with Crippen LogP contribution >= 0.6 is 0 Å². The minimum atomic E-state index is -0.288. The lowest BCUT2D eigenvalue weighted by atomic mass is 10.0. The Bertz CT molecular complexity index is 862. The molecule has 0 aliphatic heterocycles. The number of anilines is 1. The van der Waals surface area contributed by atoms with Gasteiger partial charge < -0.3 is 5.32 Å². The van der Waals surface area contributed by atoms with E-state index in [1.54, 1.807) is 6.21 Å². The van der Waals surface area contributed by atoms with Crippen molar-refractivity contribution in [3.05, 3.63) is 63.7 Å². The van der Waals surface area contributed by atoms with Crippen LogP contribution in [0.5, 0.6) is 0 Å². The van der Waals surface area contributed by atoms with E-state index in [0.717, 1.165) is 33.5 Å². The molecule has 0 radical (unpaired) electrons. The molecule has 0 bridgehead atoms. The van der Waals surface area contributed by atoms with Gasteiger partial charge in [-0.25, -0.2) is 5.43 Å². The van der Waals surface area contributed by atoms with Crippen molar-refractivity contribution in [3.8, 4) is 0 Å². The number of hydrogen-bond donors (Lipinski definition) is 2. The standard InChI is InChI=1S/C22H27N3O2/c1-14-6-7-20(18(5)10-14)24-21(26)8-9-22(27)25-23-13-19-16(3)11-15(2)12-17(19)4/h6-7,10-13H,8-9H2,1-5H3,(H,24,26)(H,25,27)/b23-13+. The Hall–Kier alpha value is -2.95. The number of rotatable bonds is 6. The summed E-state index contributed by atoms with van der Waals surface area (Å²) in [5.41, 5.74) is 9.81. The molecule has 0 fully saturated rings. The molecule has 0 spiro atoms. The van der Waals surface area contributed by atoms with Crippen LogP contribution in [0.15, 0.2) is 35.4 Å². The van der Waals surface area contributed by atoms with Gasteiger partial charge in [0.1, 0.15) is 0 Å². The van der Waals surface area contributed by atoms with Gasteiger partial charge in [-0.15, -0.1) is 0 Å². The van der Waals surface area contributed by atoms with Crippen molar-refractivity contribution < 1.29 is 9.59 Å². The predicted molar refractivity (Wildman–Crippen MR) is 110 cm³/mol. The summed E-state index contributed by atoms with van der Waals surface area (Å²) in [7, 11) is 0. The molecule has 2 rings (SSSR count). The molecule has 0 aromatic heterocycles. The van der Waals surface area contributed by atoms with Gasteiger partial charge in [-0.1, -0.05) is 35.4 Å². The lowest BCUT2D eigenvalue weighted by Crippen LogP contribution is -2.21. The van der Waals surface area contributed by atoms with Gasteiger partial charge in [-0.05, 0) is 57.4 Å². The molecule has 0 aliphatic rings. The summed E-state index contributed by atoms with van der Waals surface area (Å²) in [6.07, 6.45) is 1.84. The highest BCUT2D eigenvalue weighted by atomic mass is 16.2. The van der Waals surface area contributed by atoms with Gasteiger partial charge in [0, 0.05) is 24.1 Å². The highest BCUT2D eigenvalue weighted by Crippen LogP contribution is 2.16. The van der Waals surface area contributed by atoms with Crippen molar-refractivity contribution >= 4 is 23.7 Å². The number of aryl methyl sites for hydroxylation is 5. The minimum Gasteiger partial charge on any atom is -0.326 e. The molecule has 0 saturated carbocycles. The molecule has 0 saturated heterocycles. The highest BCUT2D eigenvalue weighted by molar-refractivity contribution is 5.94. The Morgan fingerprint density at radius 2 is 1.44 bits per heavy atom. The lowest BCUT2D eigenvalue weighted by Gasteiger charge is -2.09. The third kappa shape index (κ3) is 6.06. The number of hydrazone groups is 1. The van der Waals surface area contributed by atoms with Crippen molar-refractivity contribution in [1.29, 1.82) is 0 Å². The van der Waals surface area contributed by atoms with E-state index in [2.05, 4.69) is 28.0 Å². The van der Waals surface area contributed by atoms with Gasteiger partial charge in [-0.2, -0.15) is 5.10 Å². The molecule has 5 heteroatoms. The Balaban J connectivity index is 1.83. The van der Waals surface area contributed by atoms with Crippen molar-refractivity contribution in [2.45, 2.75) is 47.5 Å². The molecule has 0 unspecified atom stereocenters. The maximum Gasteiger partial charge on any atom is 0.240 e. The second-order valence-electron chi connectivity index (χ2n) is 6.97. The molecule has 5 nitrogen and oxygen atoms in total. The fourth-order valence-corrected chi connectivity index (χ4v) is 3.01. The zero-order chi connectivity index (χ0) is 20.0. The highest BCUT2D eigenvalue weighted by Gasteiger charge is 2.08. The van der Waals surface area contributed by atoms with Crippen LogP contribution in [-0.2, 0) is 9.59 Å². The summed E-state index contributed by atoms with van der Waals surface area (Å²) >= 11 is 0. The largest absolute Gasteiger partial charge is 0.326 e. The zero-order valence-corrected chi connectivity index (χ0v) is 16.6. The summed E-state index contributed by atoms with van der Waals surface area (Å²) in [4.78, 5) is 24.0. The molecule has 2 aromatic rings. The first-order valence-electron chi connectivity index (χ1n) is 9.03. The fraction of sp³-hybridized carbons (Fsp3) is 0.318. The van der Waals surface area contributed by atoms with Crippen LogP contribution in [-0.4, -0.2) is 18.0 Å². The van der Waals surface area contributed by atoms with E-state index >= 15 is 0 Å². The maximum absolute atomic E-state index is 12.0. The van der Waals surface area contributed by atoms with Crippen LogP contribution in [0.2, 0.25) is 0 Å². The van der Waals surface area contributed by atoms with Gasteiger partial charge in [0.15, 0.2) is 0 Å². The van der Waals surface area contributed by atoms with Gasteiger partial charge in [0.25, 0.3) is 0 Å². The first-order chi connectivity index (χ1) is 12.8. The molecule has 0 atom stereocenters. The number of carbonyl (C=O) groups is 2. The van der Waals surface area contributed by atoms with Gasteiger partial charge in [0.05, 0.1) is 6.21 Å². The lowest BCUT2D eigenvalue weighted by molar-refractivity contribution is -0.124. The van der Waals surface area contributed by atoms with Crippen LogP contribution in [0.25, 0.3) is 0 Å². The molecule has 0 aliphatic carbocycles. The number of hydrogen-bond acceptors (Lipinski definition) is 3. The molecule has 0 heterocycles. The number of carbonyl (C=O) groups excluding carboxylic acids is 2. The second kappa shape index (κ2) is 9.12. The normalized spacial score (nSPS) is 10.9. The van der Waals surface area contributed by atoms with E-state index in [4.69, 9.17) is 0 Å². The molecule has 2 aromatic carbocycles. The van der Waals surface area contributed by atoms with Gasteiger partial charge in [0.2, 0.25) is 11.8 Å². The zero-order valence-electron chi connectivity index (χ0n) is 16.6. The monoisotopic (exact) mass is 365 g/mol. The smallest absolute Gasteiger partial charge is 0.240 e. The molecule has 27 heavy (non-hydrogen) atoms. The van der Waals surface area contributed by atoms with Crippen LogP contribution in [0.3, 0.4) is 0 Å². The van der Waals surface area contributed by atoms with E-state index < -0.39 is 0 Å². The molecule has 2 amide bonds. The fourth-order valence-electron chi connectivity index (χ4n) is 3.01. The summed E-state index contributed by atoms with van der Waals surface area (Å²) in [6.45, 7) is 10.0. The average molecular weight is 365 g/mol. The third-order valence-corrected chi connectivity index (χ3v) is 4.36. The Labute approximate surface area is 160 Å². The SMILES string of the molecule is Cc1ccc(NC(=O)CCC(=O)N/N=C/c2c(C)cc(C)cc2C)c(C)c1. The summed E-state index contributed by atoms with van der Waals surface area (Å²) in [5, 5.41) is 6.86. The molecule has 2 N–H and O–H groups in total. The molecule has 142 valence electrons. The van der Waals surface area contributed by atoms with Crippen molar-refractivity contribution in [2.24, 2.45) is 5.10 Å². The van der Waals surface area contributed by atoms with E-state index in [0.29, 0.717) is 0 Å². The van der Waals surface area contributed by atoms with Crippen molar-refractivity contribution in [1.82, 2.24) is 5.43 Å². The average Bonchev–Trinajstić information content (AvgIpc) is 2.58. The van der Waals surface area contributed by atoms with E-state index in [9.17, 15) is 9.59 Å². The number of nitrogens with one attached hydrogen (secondary N) is 2. The van der Waals surface area contributed by atoms with Crippen LogP contribution < -0.4 is 10.7 Å².